The molecule has 158 valence electrons. The highest BCUT2D eigenvalue weighted by molar-refractivity contribution is 6.05. The summed E-state index contributed by atoms with van der Waals surface area (Å²) >= 11 is 0. The van der Waals surface area contributed by atoms with Gasteiger partial charge in [0.25, 0.3) is 5.91 Å². The van der Waals surface area contributed by atoms with Crippen LogP contribution in [0, 0.1) is 5.92 Å². The van der Waals surface area contributed by atoms with Gasteiger partial charge in [0.15, 0.2) is 0 Å². The van der Waals surface area contributed by atoms with Gasteiger partial charge in [0.2, 0.25) is 11.8 Å². The van der Waals surface area contributed by atoms with Gasteiger partial charge in [0.1, 0.15) is 5.75 Å². The lowest BCUT2D eigenvalue weighted by atomic mass is 10.1. The van der Waals surface area contributed by atoms with Crippen LogP contribution in [0.5, 0.6) is 5.75 Å². The van der Waals surface area contributed by atoms with Gasteiger partial charge in [-0.15, -0.1) is 0 Å². The Balaban J connectivity index is 1.54. The SMILES string of the molecule is CCCCN1C[C@@H](C(=O)Nc2ccc(C(=O)Nc3ccc(OC)cc3)cc2)CC1=O. The van der Waals surface area contributed by atoms with Crippen molar-refractivity contribution >= 4 is 29.1 Å². The van der Waals surface area contributed by atoms with E-state index in [2.05, 4.69) is 17.6 Å². The van der Waals surface area contributed by atoms with Gasteiger partial charge < -0.3 is 20.3 Å². The number of methoxy groups -OCH3 is 1. The Morgan fingerprint density at radius 1 is 1.03 bits per heavy atom. The molecule has 1 saturated heterocycles. The van der Waals surface area contributed by atoms with Gasteiger partial charge in [0.05, 0.1) is 13.0 Å². The predicted molar refractivity (Wildman–Crippen MR) is 116 cm³/mol. The molecule has 30 heavy (non-hydrogen) atoms. The van der Waals surface area contributed by atoms with Crippen LogP contribution in [0.2, 0.25) is 0 Å². The molecule has 3 rings (SSSR count). The van der Waals surface area contributed by atoms with Crippen LogP contribution < -0.4 is 15.4 Å². The molecule has 3 amide bonds. The van der Waals surface area contributed by atoms with Gasteiger partial charge in [-0.25, -0.2) is 0 Å². The van der Waals surface area contributed by atoms with E-state index in [0.717, 1.165) is 12.8 Å². The fraction of sp³-hybridized carbons (Fsp3) is 0.348. The first-order valence-corrected chi connectivity index (χ1v) is 10.1. The van der Waals surface area contributed by atoms with E-state index in [1.54, 1.807) is 60.5 Å². The number of carbonyl (C=O) groups excluding carboxylic acids is 3. The number of unbranched alkanes of at least 4 members (excludes halogenated alkanes) is 1. The zero-order valence-corrected chi connectivity index (χ0v) is 17.3. The van der Waals surface area contributed by atoms with Gasteiger partial charge in [-0.3, -0.25) is 14.4 Å². The molecule has 7 nitrogen and oxygen atoms in total. The maximum absolute atomic E-state index is 12.5. The lowest BCUT2D eigenvalue weighted by Crippen LogP contribution is -2.29. The predicted octanol–water partition coefficient (Wildman–Crippen LogP) is 3.53. The Morgan fingerprint density at radius 3 is 2.30 bits per heavy atom. The van der Waals surface area contributed by atoms with Crippen LogP contribution in [0.4, 0.5) is 11.4 Å². The van der Waals surface area contributed by atoms with Crippen LogP contribution in [0.25, 0.3) is 0 Å². The minimum atomic E-state index is -0.340. The third-order valence-corrected chi connectivity index (χ3v) is 5.13. The first-order valence-electron chi connectivity index (χ1n) is 10.1. The van der Waals surface area contributed by atoms with Gasteiger partial charge in [-0.1, -0.05) is 13.3 Å². The van der Waals surface area contributed by atoms with Crippen molar-refractivity contribution in [3.8, 4) is 5.75 Å². The first kappa shape index (κ1) is 21.4. The van der Waals surface area contributed by atoms with Crippen LogP contribution in [0.1, 0.15) is 36.5 Å². The molecule has 0 aliphatic carbocycles. The maximum atomic E-state index is 12.5. The standard InChI is InChI=1S/C23H27N3O4/c1-3-4-13-26-15-17(14-21(26)27)23(29)25-18-7-5-16(6-8-18)22(28)24-19-9-11-20(30-2)12-10-19/h5-12,17H,3-4,13-15H2,1-2H3,(H,24,28)(H,25,29)/t17-/m0/s1. The minimum absolute atomic E-state index is 0.0363. The number of hydrogen-bond donors (Lipinski definition) is 2. The van der Waals surface area contributed by atoms with E-state index in [4.69, 9.17) is 4.74 Å². The number of nitrogens with zero attached hydrogens (tertiary/aromatic N) is 1. The molecule has 2 aromatic rings. The van der Waals surface area contributed by atoms with Crippen molar-refractivity contribution in [3.05, 3.63) is 54.1 Å². The van der Waals surface area contributed by atoms with Crippen molar-refractivity contribution in [1.82, 2.24) is 4.90 Å². The molecule has 1 aliphatic heterocycles. The number of likely N-dealkylation sites (tertiary alicyclic amines) is 1. The number of anilines is 2. The molecule has 0 saturated carbocycles. The average Bonchev–Trinajstić information content (AvgIpc) is 3.14. The van der Waals surface area contributed by atoms with Gasteiger partial charge in [0, 0.05) is 36.4 Å². The topological polar surface area (TPSA) is 87.7 Å². The van der Waals surface area contributed by atoms with E-state index in [0.29, 0.717) is 35.8 Å². The number of amides is 3. The van der Waals surface area contributed by atoms with Gasteiger partial charge in [-0.2, -0.15) is 0 Å². The van der Waals surface area contributed by atoms with Crippen LogP contribution in [-0.4, -0.2) is 42.8 Å². The number of carbonyl (C=O) groups is 3. The number of rotatable bonds is 8. The Morgan fingerprint density at radius 2 is 1.67 bits per heavy atom. The summed E-state index contributed by atoms with van der Waals surface area (Å²) < 4.78 is 5.10. The summed E-state index contributed by atoms with van der Waals surface area (Å²) in [6, 6.07) is 13.7. The molecule has 1 fully saturated rings. The highest BCUT2D eigenvalue weighted by atomic mass is 16.5. The van der Waals surface area contributed by atoms with Crippen molar-refractivity contribution in [2.24, 2.45) is 5.92 Å². The summed E-state index contributed by atoms with van der Waals surface area (Å²) in [4.78, 5) is 38.7. The van der Waals surface area contributed by atoms with Gasteiger partial charge in [-0.05, 0) is 55.0 Å². The molecule has 0 spiro atoms. The first-order chi connectivity index (χ1) is 14.5. The van der Waals surface area contributed by atoms with Crippen LogP contribution >= 0.6 is 0 Å². The third-order valence-electron chi connectivity index (χ3n) is 5.13. The Bertz CT molecular complexity index is 894. The summed E-state index contributed by atoms with van der Waals surface area (Å²) in [6.07, 6.45) is 2.21. The van der Waals surface area contributed by atoms with Gasteiger partial charge >= 0.3 is 0 Å². The lowest BCUT2D eigenvalue weighted by molar-refractivity contribution is -0.128. The number of ether oxygens (including phenoxy) is 1. The fourth-order valence-corrected chi connectivity index (χ4v) is 3.34. The molecular formula is C23H27N3O4. The summed E-state index contributed by atoms with van der Waals surface area (Å²) in [6.45, 7) is 3.25. The van der Waals surface area contributed by atoms with E-state index in [-0.39, 0.29) is 30.1 Å². The monoisotopic (exact) mass is 409 g/mol. The second-order valence-corrected chi connectivity index (χ2v) is 7.34. The zero-order chi connectivity index (χ0) is 21.5. The zero-order valence-electron chi connectivity index (χ0n) is 17.3. The maximum Gasteiger partial charge on any atom is 0.255 e. The molecule has 0 radical (unpaired) electrons. The summed E-state index contributed by atoms with van der Waals surface area (Å²) in [5.41, 5.74) is 1.74. The van der Waals surface area contributed by atoms with Crippen LogP contribution in [0.15, 0.2) is 48.5 Å². The lowest BCUT2D eigenvalue weighted by Gasteiger charge is -2.16. The normalized spacial score (nSPS) is 15.7. The number of benzene rings is 2. The average molecular weight is 409 g/mol. The van der Waals surface area contributed by atoms with Crippen molar-refractivity contribution in [2.75, 3.05) is 30.8 Å². The van der Waals surface area contributed by atoms with Crippen LogP contribution in [-0.2, 0) is 9.59 Å². The molecule has 7 heteroatoms. The van der Waals surface area contributed by atoms with E-state index in [1.807, 2.05) is 0 Å². The molecule has 0 bridgehead atoms. The summed E-state index contributed by atoms with van der Waals surface area (Å²) in [7, 11) is 1.58. The molecular weight excluding hydrogens is 382 g/mol. The summed E-state index contributed by atoms with van der Waals surface area (Å²) in [5.74, 6) is -0.00382. The molecule has 2 N–H and O–H groups in total. The van der Waals surface area contributed by atoms with Crippen molar-refractivity contribution < 1.29 is 19.1 Å². The Kier molecular flexibility index (Phi) is 7.06. The van der Waals surface area contributed by atoms with E-state index in [9.17, 15) is 14.4 Å². The molecule has 1 atom stereocenters. The Hall–Kier alpha value is -3.35. The second-order valence-electron chi connectivity index (χ2n) is 7.34. The van der Waals surface area contributed by atoms with E-state index < -0.39 is 0 Å². The minimum Gasteiger partial charge on any atom is -0.497 e. The quantitative estimate of drug-likeness (QED) is 0.698. The second kappa shape index (κ2) is 9.91. The Labute approximate surface area is 176 Å². The highest BCUT2D eigenvalue weighted by Gasteiger charge is 2.33. The van der Waals surface area contributed by atoms with E-state index >= 15 is 0 Å². The van der Waals surface area contributed by atoms with E-state index in [1.165, 1.54) is 0 Å². The molecule has 0 aromatic heterocycles. The molecule has 1 heterocycles. The van der Waals surface area contributed by atoms with Crippen molar-refractivity contribution in [2.45, 2.75) is 26.2 Å². The third kappa shape index (κ3) is 5.37. The number of nitrogens with one attached hydrogen (secondary N) is 2. The number of hydrogen-bond acceptors (Lipinski definition) is 4. The van der Waals surface area contributed by atoms with Crippen molar-refractivity contribution in [1.29, 1.82) is 0 Å². The molecule has 0 unspecified atom stereocenters. The molecule has 2 aromatic carbocycles. The summed E-state index contributed by atoms with van der Waals surface area (Å²) in [5, 5.41) is 5.66. The smallest absolute Gasteiger partial charge is 0.255 e. The highest BCUT2D eigenvalue weighted by Crippen LogP contribution is 2.21. The largest absolute Gasteiger partial charge is 0.497 e. The fourth-order valence-electron chi connectivity index (χ4n) is 3.34. The van der Waals surface area contributed by atoms with Crippen molar-refractivity contribution in [3.63, 3.8) is 0 Å². The molecule has 1 aliphatic rings. The van der Waals surface area contributed by atoms with Crippen LogP contribution in [0.3, 0.4) is 0 Å².